The molecule has 0 bridgehead atoms. The van der Waals surface area contributed by atoms with Crippen LogP contribution in [-0.2, 0) is 24.1 Å². The second-order valence-corrected chi connectivity index (χ2v) is 7.41. The molecule has 1 aliphatic rings. The monoisotopic (exact) mass is 422 g/mol. The van der Waals surface area contributed by atoms with E-state index in [4.69, 9.17) is 4.74 Å². The van der Waals surface area contributed by atoms with E-state index in [2.05, 4.69) is 10.2 Å². The Morgan fingerprint density at radius 3 is 2.23 bits per heavy atom. The molecule has 1 heterocycles. The van der Waals surface area contributed by atoms with Gasteiger partial charge in [0.15, 0.2) is 6.61 Å². The van der Waals surface area contributed by atoms with Crippen LogP contribution in [0.1, 0.15) is 29.5 Å². The molecule has 30 heavy (non-hydrogen) atoms. The average molecular weight is 422 g/mol. The number of halogens is 3. The molecule has 1 fully saturated rings. The zero-order chi connectivity index (χ0) is 21.6. The lowest BCUT2D eigenvalue weighted by atomic mass is 10.1. The summed E-state index contributed by atoms with van der Waals surface area (Å²) in [6.45, 7) is 2.67. The first kappa shape index (κ1) is 22.1. The van der Waals surface area contributed by atoms with Crippen LogP contribution < -0.4 is 10.1 Å². The summed E-state index contributed by atoms with van der Waals surface area (Å²) in [5, 5.41) is 12.3. The number of carbonyl (C=O) groups is 1. The average Bonchev–Trinajstić information content (AvgIpc) is 2.73. The van der Waals surface area contributed by atoms with Crippen LogP contribution in [0, 0.1) is 0 Å². The molecule has 0 unspecified atom stereocenters. The number of alkyl halides is 3. The number of likely N-dealkylation sites (tertiary alicyclic amines) is 1. The minimum absolute atomic E-state index is 0.185. The number of nitrogens with zero attached hydrogens (tertiary/aromatic N) is 1. The Labute approximate surface area is 173 Å². The molecule has 2 N–H and O–H groups in total. The first-order chi connectivity index (χ1) is 14.3. The zero-order valence-corrected chi connectivity index (χ0v) is 16.5. The maximum atomic E-state index is 12.5. The lowest BCUT2D eigenvalue weighted by Crippen LogP contribution is -2.35. The number of benzene rings is 2. The summed E-state index contributed by atoms with van der Waals surface area (Å²) >= 11 is 0. The first-order valence-corrected chi connectivity index (χ1v) is 9.84. The summed E-state index contributed by atoms with van der Waals surface area (Å²) in [6.07, 6.45) is -2.98. The highest BCUT2D eigenvalue weighted by Crippen LogP contribution is 2.30. The minimum Gasteiger partial charge on any atom is -0.484 e. The van der Waals surface area contributed by atoms with Crippen molar-refractivity contribution in [1.82, 2.24) is 10.2 Å². The molecule has 0 aromatic heterocycles. The van der Waals surface area contributed by atoms with Crippen molar-refractivity contribution >= 4 is 5.91 Å². The van der Waals surface area contributed by atoms with Crippen molar-refractivity contribution in [1.29, 1.82) is 0 Å². The Morgan fingerprint density at radius 2 is 1.63 bits per heavy atom. The van der Waals surface area contributed by atoms with Gasteiger partial charge in [-0.3, -0.25) is 9.69 Å². The van der Waals surface area contributed by atoms with Gasteiger partial charge in [-0.05, 0) is 48.2 Å². The van der Waals surface area contributed by atoms with E-state index in [0.29, 0.717) is 6.54 Å². The summed E-state index contributed by atoms with van der Waals surface area (Å²) < 4.78 is 42.8. The van der Waals surface area contributed by atoms with Crippen molar-refractivity contribution in [3.63, 3.8) is 0 Å². The van der Waals surface area contributed by atoms with E-state index in [1.54, 1.807) is 0 Å². The third-order valence-corrected chi connectivity index (χ3v) is 5.03. The van der Waals surface area contributed by atoms with Crippen molar-refractivity contribution < 1.29 is 27.8 Å². The van der Waals surface area contributed by atoms with E-state index in [9.17, 15) is 23.1 Å². The van der Waals surface area contributed by atoms with Crippen LogP contribution in [0.3, 0.4) is 0 Å². The van der Waals surface area contributed by atoms with E-state index < -0.39 is 11.7 Å². The van der Waals surface area contributed by atoms with Crippen molar-refractivity contribution in [2.24, 2.45) is 0 Å². The predicted octanol–water partition coefficient (Wildman–Crippen LogP) is 3.36. The number of rotatable bonds is 7. The second-order valence-electron chi connectivity index (χ2n) is 7.41. The summed E-state index contributed by atoms with van der Waals surface area (Å²) in [7, 11) is 0. The Hall–Kier alpha value is -2.58. The molecule has 3 rings (SSSR count). The molecule has 0 radical (unpaired) electrons. The lowest BCUT2D eigenvalue weighted by Gasteiger charge is -2.29. The fourth-order valence-electron chi connectivity index (χ4n) is 3.24. The van der Waals surface area contributed by atoms with E-state index in [1.165, 1.54) is 17.7 Å². The quantitative estimate of drug-likeness (QED) is 0.719. The first-order valence-electron chi connectivity index (χ1n) is 9.84. The van der Waals surface area contributed by atoms with Gasteiger partial charge in [0.05, 0.1) is 11.7 Å². The standard InChI is InChI=1S/C22H25F3N2O3/c23-22(24,25)18-5-7-20(8-6-18)30-15-21(29)26-13-16-1-3-17(4-2-16)14-27-11-9-19(28)10-12-27/h1-8,19,28H,9-15H2,(H,26,29). The Bertz CT molecular complexity index is 815. The van der Waals surface area contributed by atoms with Gasteiger partial charge in [0.25, 0.3) is 5.91 Å². The van der Waals surface area contributed by atoms with E-state index >= 15 is 0 Å². The van der Waals surface area contributed by atoms with Crippen LogP contribution in [0.15, 0.2) is 48.5 Å². The molecule has 8 heteroatoms. The molecule has 5 nitrogen and oxygen atoms in total. The van der Waals surface area contributed by atoms with Crippen LogP contribution in [0.5, 0.6) is 5.75 Å². The van der Waals surface area contributed by atoms with Crippen molar-refractivity contribution in [3.05, 3.63) is 65.2 Å². The van der Waals surface area contributed by atoms with Crippen LogP contribution >= 0.6 is 0 Å². The molecule has 0 saturated carbocycles. The molecule has 0 aliphatic carbocycles. The maximum Gasteiger partial charge on any atom is 0.416 e. The molecule has 0 atom stereocenters. The molecule has 1 amide bonds. The highest BCUT2D eigenvalue weighted by atomic mass is 19.4. The second kappa shape index (κ2) is 9.95. The number of amides is 1. The number of aliphatic hydroxyl groups is 1. The van der Waals surface area contributed by atoms with Crippen molar-refractivity contribution in [2.45, 2.75) is 38.2 Å². The Kier molecular flexibility index (Phi) is 7.33. The number of piperidine rings is 1. The highest BCUT2D eigenvalue weighted by Gasteiger charge is 2.30. The predicted molar refractivity (Wildman–Crippen MR) is 106 cm³/mol. The van der Waals surface area contributed by atoms with Gasteiger partial charge in [0, 0.05) is 26.2 Å². The summed E-state index contributed by atoms with van der Waals surface area (Å²) in [5.74, 6) is -0.154. The number of carbonyl (C=O) groups excluding carboxylic acids is 1. The fraction of sp³-hybridized carbons (Fsp3) is 0.409. The van der Waals surface area contributed by atoms with Gasteiger partial charge >= 0.3 is 6.18 Å². The summed E-state index contributed by atoms with van der Waals surface area (Å²) in [5.41, 5.74) is 1.35. The normalized spacial score (nSPS) is 15.7. The third-order valence-electron chi connectivity index (χ3n) is 5.03. The number of ether oxygens (including phenoxy) is 1. The van der Waals surface area contributed by atoms with Crippen molar-refractivity contribution in [3.8, 4) is 5.75 Å². The van der Waals surface area contributed by atoms with Gasteiger partial charge in [0.1, 0.15) is 5.75 Å². The molecule has 1 aliphatic heterocycles. The molecule has 162 valence electrons. The minimum atomic E-state index is -4.40. The smallest absolute Gasteiger partial charge is 0.416 e. The lowest BCUT2D eigenvalue weighted by molar-refractivity contribution is -0.137. The fourth-order valence-corrected chi connectivity index (χ4v) is 3.24. The van der Waals surface area contributed by atoms with Gasteiger partial charge in [-0.25, -0.2) is 0 Å². The van der Waals surface area contributed by atoms with Crippen LogP contribution in [0.4, 0.5) is 13.2 Å². The van der Waals surface area contributed by atoms with Crippen LogP contribution in [0.25, 0.3) is 0 Å². The van der Waals surface area contributed by atoms with E-state index in [1.807, 2.05) is 24.3 Å². The summed E-state index contributed by atoms with van der Waals surface area (Å²) in [6, 6.07) is 12.2. The molecule has 1 saturated heterocycles. The van der Waals surface area contributed by atoms with Crippen LogP contribution in [-0.4, -0.2) is 41.7 Å². The molecule has 2 aromatic carbocycles. The topological polar surface area (TPSA) is 61.8 Å². The van der Waals surface area contributed by atoms with Crippen molar-refractivity contribution in [2.75, 3.05) is 19.7 Å². The number of aliphatic hydroxyl groups excluding tert-OH is 1. The third kappa shape index (κ3) is 6.74. The molecule has 2 aromatic rings. The zero-order valence-electron chi connectivity index (χ0n) is 16.5. The number of hydrogen-bond acceptors (Lipinski definition) is 4. The van der Waals surface area contributed by atoms with Crippen LogP contribution in [0.2, 0.25) is 0 Å². The molecular formula is C22H25F3N2O3. The maximum absolute atomic E-state index is 12.5. The van der Waals surface area contributed by atoms with E-state index in [-0.39, 0.29) is 24.4 Å². The Balaban J connectivity index is 1.39. The van der Waals surface area contributed by atoms with Gasteiger partial charge in [-0.15, -0.1) is 0 Å². The number of hydrogen-bond donors (Lipinski definition) is 2. The largest absolute Gasteiger partial charge is 0.484 e. The highest BCUT2D eigenvalue weighted by molar-refractivity contribution is 5.77. The molecule has 0 spiro atoms. The van der Waals surface area contributed by atoms with Gasteiger partial charge in [-0.2, -0.15) is 13.2 Å². The van der Waals surface area contributed by atoms with Gasteiger partial charge < -0.3 is 15.2 Å². The van der Waals surface area contributed by atoms with Gasteiger partial charge in [-0.1, -0.05) is 24.3 Å². The number of nitrogens with one attached hydrogen (secondary N) is 1. The SMILES string of the molecule is O=C(COc1ccc(C(F)(F)F)cc1)NCc1ccc(CN2CCC(O)CC2)cc1. The Morgan fingerprint density at radius 1 is 1.03 bits per heavy atom. The summed E-state index contributed by atoms with van der Waals surface area (Å²) in [4.78, 5) is 14.2. The molecular weight excluding hydrogens is 397 g/mol. The van der Waals surface area contributed by atoms with Gasteiger partial charge in [0.2, 0.25) is 0 Å². The van der Waals surface area contributed by atoms with E-state index in [0.717, 1.165) is 50.2 Å².